The molecule has 4 bridgehead atoms. The minimum absolute atomic E-state index is 0.0353. The van der Waals surface area contributed by atoms with Crippen molar-refractivity contribution in [2.45, 2.75) is 187 Å². The number of benzene rings is 3. The average Bonchev–Trinajstić information content (AvgIpc) is 1.57. The molecule has 1 aromatic heterocycles. The first-order valence-electron chi connectivity index (χ1n) is 37.5. The van der Waals surface area contributed by atoms with E-state index < -0.39 is 120 Å². The van der Waals surface area contributed by atoms with E-state index in [0.717, 1.165) is 40.8 Å². The molecule has 4 heterocycles. The van der Waals surface area contributed by atoms with Crippen molar-refractivity contribution in [3.8, 4) is 5.75 Å². The largest absolute Gasteiger partial charge is 0.495 e. The molecule has 2 fully saturated rings. The number of methoxy groups -OCH3 is 2. The molecule has 0 unspecified atom stereocenters. The van der Waals surface area contributed by atoms with Crippen LogP contribution in [0.5, 0.6) is 5.75 Å². The second kappa shape index (κ2) is 42.4. The normalized spacial score (nSPS) is 21.9. The molecule has 7 amide bonds. The number of aryl methyl sites for hydroxylation is 1. The Balaban J connectivity index is 0.863. The molecule has 110 heavy (non-hydrogen) atoms. The number of carboxylic acids is 1. The molecule has 3 aromatic carbocycles. The summed E-state index contributed by atoms with van der Waals surface area (Å²) >= 11 is 6.84. The maximum Gasteiger partial charge on any atom is 0.409 e. The van der Waals surface area contributed by atoms with E-state index in [-0.39, 0.29) is 101 Å². The number of fused-ring (bicyclic) bond motifs is 6. The summed E-state index contributed by atoms with van der Waals surface area (Å²) in [6.45, 7) is 15.9. The number of allylic oxidation sites excluding steroid dienone is 3. The molecule has 2 saturated heterocycles. The minimum Gasteiger partial charge on any atom is -0.495 e. The molecule has 604 valence electrons. The van der Waals surface area contributed by atoms with Gasteiger partial charge in [-0.1, -0.05) is 93.4 Å². The molecule has 4 aromatic rings. The quantitative estimate of drug-likeness (QED) is 0.00880. The van der Waals surface area contributed by atoms with E-state index in [4.69, 9.17) is 55.2 Å². The van der Waals surface area contributed by atoms with Crippen LogP contribution >= 0.6 is 11.6 Å². The van der Waals surface area contributed by atoms with Gasteiger partial charge in [-0.3, -0.25) is 34.1 Å². The highest BCUT2D eigenvalue weighted by Gasteiger charge is 2.64. The number of alkyl carbamates (subject to hydrolysis) is 2. The summed E-state index contributed by atoms with van der Waals surface area (Å²) in [6.07, 6.45) is -0.0134. The van der Waals surface area contributed by atoms with Gasteiger partial charge in [-0.2, -0.15) is 0 Å². The third-order valence-electron chi connectivity index (χ3n) is 20.1. The number of epoxide rings is 1. The zero-order chi connectivity index (χ0) is 80.4. The number of carbonyl (C=O) groups excluding carboxylic acids is 9. The first-order chi connectivity index (χ1) is 52.3. The van der Waals surface area contributed by atoms with Crippen molar-refractivity contribution in [3.63, 3.8) is 0 Å². The molecule has 0 saturated carbocycles. The van der Waals surface area contributed by atoms with Gasteiger partial charge in [-0.25, -0.2) is 19.2 Å². The monoisotopic (exact) mass is 1550 g/mol. The van der Waals surface area contributed by atoms with Gasteiger partial charge in [0.2, 0.25) is 17.7 Å². The van der Waals surface area contributed by atoms with E-state index in [0.29, 0.717) is 68.2 Å². The number of urea groups is 1. The van der Waals surface area contributed by atoms with Crippen LogP contribution in [0.25, 0.3) is 10.9 Å². The van der Waals surface area contributed by atoms with Crippen molar-refractivity contribution in [3.05, 3.63) is 112 Å². The lowest BCUT2D eigenvalue weighted by molar-refractivity contribution is -0.155. The first kappa shape index (κ1) is 88.2. The van der Waals surface area contributed by atoms with Gasteiger partial charge < -0.3 is 94.8 Å². The molecule has 3 aliphatic rings. The summed E-state index contributed by atoms with van der Waals surface area (Å²) in [5, 5.41) is 39.0. The second-order valence-electron chi connectivity index (χ2n) is 29.1. The number of Topliss-reactive ketones (excluding diaryl/α,β-unsaturated/α-hetero) is 2. The molecule has 7 rings (SSSR count). The van der Waals surface area contributed by atoms with E-state index in [9.17, 15) is 58.2 Å². The van der Waals surface area contributed by atoms with Crippen molar-refractivity contribution in [1.82, 2.24) is 36.1 Å². The van der Waals surface area contributed by atoms with Gasteiger partial charge in [0.15, 0.2) is 11.5 Å². The number of hydrogen-bond acceptors (Lipinski definition) is 21. The molecule has 31 heteroatoms. The Hall–Kier alpha value is -9.01. The van der Waals surface area contributed by atoms with Crippen LogP contribution in [0.4, 0.5) is 25.8 Å². The number of anilines is 2. The number of rotatable bonds is 40. The molecule has 30 nitrogen and oxygen atoms in total. The zero-order valence-electron chi connectivity index (χ0n) is 65.0. The maximum atomic E-state index is 14.4. The summed E-state index contributed by atoms with van der Waals surface area (Å²) in [4.78, 5) is 136. The Labute approximate surface area is 647 Å². The molecular formula is C79H111ClN10O20. The summed E-state index contributed by atoms with van der Waals surface area (Å²) in [6, 6.07) is 17.0. The van der Waals surface area contributed by atoms with Crippen molar-refractivity contribution in [2.24, 2.45) is 29.4 Å². The SMILES string of the molecule is CCN(C)Cc1cc2ccccc2n1CCC(=O)C[C@@H](CCC(=O)O)CNCCOCCOCCC(=O)N[C@H](C(=O)C[C@@H](CCCNC(N)=O)C(=O)Nc1ccc(COC(=O)N[C@@H](C)C(=O)O[C@H]2CC(=O)N(C)c3cc(cc(OC)c3Cl)C/C(C)=C/C=C/[C@@H](OC)[C@@]3(O)C[C@H](OC(=O)N3)[C@@H](C)[C@@H]3O[C@]23C)cc1)C(C)C. The van der Waals surface area contributed by atoms with Gasteiger partial charge in [-0.05, 0) is 131 Å². The van der Waals surface area contributed by atoms with Crippen LogP contribution < -0.4 is 47.3 Å². The van der Waals surface area contributed by atoms with Crippen LogP contribution in [0.15, 0.2) is 90.5 Å². The third kappa shape index (κ3) is 26.3. The molecular weight excluding hydrogens is 1440 g/mol. The van der Waals surface area contributed by atoms with Crippen LogP contribution in [-0.4, -0.2) is 208 Å². The lowest BCUT2D eigenvalue weighted by Gasteiger charge is -2.42. The molecule has 3 aliphatic heterocycles. The number of nitrogens with zero attached hydrogens (tertiary/aromatic N) is 3. The van der Waals surface area contributed by atoms with Gasteiger partial charge >= 0.3 is 30.2 Å². The lowest BCUT2D eigenvalue weighted by Crippen LogP contribution is -2.63. The number of hydrogen-bond donors (Lipinski definition) is 9. The minimum atomic E-state index is -1.92. The number of primary amides is 1. The van der Waals surface area contributed by atoms with E-state index in [1.54, 1.807) is 76.2 Å². The highest BCUT2D eigenvalue weighted by Crippen LogP contribution is 2.49. The van der Waals surface area contributed by atoms with E-state index in [1.165, 1.54) is 33.1 Å². The number of nitrogens with one attached hydrogen (secondary N) is 6. The highest BCUT2D eigenvalue weighted by molar-refractivity contribution is 6.35. The fourth-order valence-corrected chi connectivity index (χ4v) is 13.9. The summed E-state index contributed by atoms with van der Waals surface area (Å²) in [5.41, 5.74) is 6.95. The first-order valence-corrected chi connectivity index (χ1v) is 37.9. The molecule has 10 N–H and O–H groups in total. The molecule has 0 radical (unpaired) electrons. The van der Waals surface area contributed by atoms with Crippen LogP contribution in [0.1, 0.15) is 129 Å². The summed E-state index contributed by atoms with van der Waals surface area (Å²) in [7, 11) is 6.42. The number of carbonyl (C=O) groups is 10. The number of nitrogens with two attached hydrogens (primary N) is 1. The fourth-order valence-electron chi connectivity index (χ4n) is 13.6. The fraction of sp³-hybridized carbons (Fsp3) is 0.570. The van der Waals surface area contributed by atoms with Gasteiger partial charge in [-0.15, -0.1) is 0 Å². The number of aliphatic carboxylic acids is 1. The van der Waals surface area contributed by atoms with Crippen molar-refractivity contribution in [2.75, 3.05) is 91.1 Å². The molecule has 0 spiro atoms. The van der Waals surface area contributed by atoms with Crippen LogP contribution in [-0.2, 0) is 92.8 Å². The lowest BCUT2D eigenvalue weighted by atomic mass is 9.83. The average molecular weight is 1560 g/mol. The van der Waals surface area contributed by atoms with Gasteiger partial charge in [0.25, 0.3) is 0 Å². The van der Waals surface area contributed by atoms with E-state index in [1.807, 2.05) is 25.1 Å². The number of carboxylic acid groups (broad SMARTS) is 1. The number of halogens is 1. The number of ketones is 2. The second-order valence-corrected chi connectivity index (χ2v) is 29.5. The number of aliphatic hydroxyl groups is 1. The highest BCUT2D eigenvalue weighted by atomic mass is 35.5. The van der Waals surface area contributed by atoms with E-state index in [2.05, 4.69) is 73.5 Å². The number of ether oxygens (including phenoxy) is 8. The number of aromatic nitrogens is 1. The van der Waals surface area contributed by atoms with Crippen molar-refractivity contribution < 1.29 is 96.1 Å². The Morgan fingerprint density at radius 3 is 2.33 bits per heavy atom. The van der Waals surface area contributed by atoms with Crippen molar-refractivity contribution >= 4 is 93.3 Å². The standard InChI is InChI=1S/C79H111ClN10O20/c1-12-88(8)46-58-41-55-18-13-14-20-60(55)90(58)32-28-59(91)38-53(24-27-69(95)96)45-82-31-34-106-36-35-105-33-29-67(93)86-71(48(2)3)62(92)42-56(19-16-30-83-75(81)99)73(97)85-57-25-22-52(23-26-57)47-107-76(100)84-51(6)74(98)109-66-43-68(94)89(9)61-39-54(40-63(103-10)70(61)80)37-49(4)17-15-21-65(104-11)79(102)44-64(108-77(101)87-79)50(5)72-78(66,7)110-72/h13-15,17-18,20-23,25-26,39-41,48,50-51,53,56,64-66,71-72,82,102H,12,16,19,24,27-38,42-47H2,1-11H3,(H,84,100)(H,85,97)(H,86,93)(H,87,101)(H,95,96)(H3,81,83,99)/b21-15+,49-17+/t50-,51+,53-,56-,64+,65-,66+,71+,72+,78-,79+/m1/s1. The summed E-state index contributed by atoms with van der Waals surface area (Å²) < 4.78 is 48.5. The van der Waals surface area contributed by atoms with Gasteiger partial charge in [0, 0.05) is 108 Å². The van der Waals surface area contributed by atoms with Crippen LogP contribution in [0, 0.1) is 23.7 Å². The predicted molar refractivity (Wildman–Crippen MR) is 411 cm³/mol. The Kier molecular flexibility index (Phi) is 34.0. The van der Waals surface area contributed by atoms with Crippen LogP contribution in [0.3, 0.4) is 0 Å². The predicted octanol–water partition coefficient (Wildman–Crippen LogP) is 8.04. The topological polar surface area (TPSA) is 398 Å². The van der Waals surface area contributed by atoms with Crippen LogP contribution in [0.2, 0.25) is 5.02 Å². The number of esters is 1. The number of amides is 7. The molecule has 0 aliphatic carbocycles. The number of para-hydroxylation sites is 1. The third-order valence-corrected chi connectivity index (χ3v) is 20.5. The zero-order valence-corrected chi connectivity index (χ0v) is 65.7. The van der Waals surface area contributed by atoms with Gasteiger partial charge in [0.1, 0.15) is 53.1 Å². The van der Waals surface area contributed by atoms with E-state index >= 15 is 0 Å². The maximum absolute atomic E-state index is 14.4. The Morgan fingerprint density at radius 1 is 0.909 bits per heavy atom. The Morgan fingerprint density at radius 2 is 1.64 bits per heavy atom. The smallest absolute Gasteiger partial charge is 0.409 e. The molecule has 11 atom stereocenters. The van der Waals surface area contributed by atoms with Crippen molar-refractivity contribution in [1.29, 1.82) is 0 Å². The summed E-state index contributed by atoms with van der Waals surface area (Å²) in [5.74, 6) is -5.47. The Bertz CT molecular complexity index is 3890. The van der Waals surface area contributed by atoms with Gasteiger partial charge in [0.05, 0.1) is 57.8 Å².